The third-order valence-corrected chi connectivity index (χ3v) is 4.71. The van der Waals surface area contributed by atoms with Gasteiger partial charge in [-0.05, 0) is 37.3 Å². The van der Waals surface area contributed by atoms with Gasteiger partial charge in [0, 0.05) is 42.8 Å². The van der Waals surface area contributed by atoms with Gasteiger partial charge in [-0.1, -0.05) is 0 Å². The van der Waals surface area contributed by atoms with E-state index in [1.165, 1.54) is 0 Å². The number of carbonyl (C=O) groups excluding carboxylic acids is 1. The highest BCUT2D eigenvalue weighted by Gasteiger charge is 2.17. The first-order chi connectivity index (χ1) is 15.4. The summed E-state index contributed by atoms with van der Waals surface area (Å²) in [5.41, 5.74) is 9.33. The van der Waals surface area contributed by atoms with E-state index in [9.17, 15) is 9.90 Å². The number of amides is 1. The molecule has 0 saturated heterocycles. The van der Waals surface area contributed by atoms with Crippen molar-refractivity contribution in [2.75, 3.05) is 12.3 Å². The van der Waals surface area contributed by atoms with Crippen LogP contribution in [-0.4, -0.2) is 53.4 Å². The second-order valence-electron chi connectivity index (χ2n) is 7.33. The molecule has 4 aromatic heterocycles. The average molecular weight is 430 g/mol. The zero-order valence-electron chi connectivity index (χ0n) is 17.6. The molecule has 1 atom stereocenters. The lowest BCUT2D eigenvalue weighted by Crippen LogP contribution is -2.35. The number of nitrogens with zero attached hydrogens (tertiary/aromatic N) is 6. The van der Waals surface area contributed by atoms with Crippen molar-refractivity contribution >= 4 is 11.7 Å². The van der Waals surface area contributed by atoms with Crippen molar-refractivity contribution in [2.24, 2.45) is 7.05 Å². The zero-order valence-corrected chi connectivity index (χ0v) is 17.6. The Morgan fingerprint density at radius 2 is 1.81 bits per heavy atom. The molecule has 10 heteroatoms. The van der Waals surface area contributed by atoms with Crippen LogP contribution in [0, 0.1) is 0 Å². The summed E-state index contributed by atoms with van der Waals surface area (Å²) in [5.74, 6) is 0.401. The van der Waals surface area contributed by atoms with Gasteiger partial charge in [0.2, 0.25) is 0 Å². The van der Waals surface area contributed by atoms with Gasteiger partial charge in [0.25, 0.3) is 5.91 Å². The van der Waals surface area contributed by atoms with Crippen molar-refractivity contribution in [2.45, 2.75) is 13.0 Å². The van der Waals surface area contributed by atoms with Crippen LogP contribution in [0.2, 0.25) is 0 Å². The summed E-state index contributed by atoms with van der Waals surface area (Å²) in [5, 5.41) is 16.1. The molecule has 4 aromatic rings. The number of aliphatic hydroxyl groups is 1. The van der Waals surface area contributed by atoms with E-state index in [1.807, 2.05) is 18.2 Å². The van der Waals surface area contributed by atoms with Crippen LogP contribution in [-0.2, 0) is 7.05 Å². The average Bonchev–Trinajstić information content (AvgIpc) is 3.25. The molecule has 0 radical (unpaired) electrons. The van der Waals surface area contributed by atoms with E-state index in [-0.39, 0.29) is 12.3 Å². The number of nitrogens with one attached hydrogen (secondary N) is 1. The van der Waals surface area contributed by atoms with E-state index in [0.29, 0.717) is 28.5 Å². The molecule has 0 aliphatic carbocycles. The molecular weight excluding hydrogens is 408 g/mol. The second kappa shape index (κ2) is 8.90. The van der Waals surface area contributed by atoms with E-state index >= 15 is 0 Å². The molecular formula is C22H22N8O2. The van der Waals surface area contributed by atoms with Crippen LogP contribution >= 0.6 is 0 Å². The number of pyridine rings is 2. The smallest absolute Gasteiger partial charge is 0.270 e. The number of carbonyl (C=O) groups is 1. The molecule has 32 heavy (non-hydrogen) atoms. The fourth-order valence-corrected chi connectivity index (χ4v) is 2.99. The predicted molar refractivity (Wildman–Crippen MR) is 119 cm³/mol. The summed E-state index contributed by atoms with van der Waals surface area (Å²) in [4.78, 5) is 30.3. The lowest BCUT2D eigenvalue weighted by molar-refractivity contribution is 0.0917. The van der Waals surface area contributed by atoms with Gasteiger partial charge in [-0.15, -0.1) is 0 Å². The van der Waals surface area contributed by atoms with Gasteiger partial charge in [0.15, 0.2) is 5.82 Å². The number of hydrogen-bond donors (Lipinski definition) is 3. The molecule has 0 spiro atoms. The molecule has 4 rings (SSSR count). The first-order valence-corrected chi connectivity index (χ1v) is 9.91. The third-order valence-electron chi connectivity index (χ3n) is 4.71. The highest BCUT2D eigenvalue weighted by Crippen LogP contribution is 2.24. The topological polar surface area (TPSA) is 145 Å². The van der Waals surface area contributed by atoms with Crippen LogP contribution in [0.25, 0.3) is 33.9 Å². The minimum Gasteiger partial charge on any atom is -0.394 e. The maximum absolute atomic E-state index is 12.7. The molecule has 162 valence electrons. The summed E-state index contributed by atoms with van der Waals surface area (Å²) in [6.45, 7) is 1.53. The minimum absolute atomic E-state index is 0.176. The molecule has 10 nitrogen and oxygen atoms in total. The maximum Gasteiger partial charge on any atom is 0.270 e. The van der Waals surface area contributed by atoms with Crippen LogP contribution in [0.4, 0.5) is 5.82 Å². The molecule has 0 bridgehead atoms. The van der Waals surface area contributed by atoms with E-state index in [0.717, 1.165) is 11.3 Å². The Labute approximate surface area is 184 Å². The number of hydrogen-bond acceptors (Lipinski definition) is 8. The van der Waals surface area contributed by atoms with Crippen molar-refractivity contribution in [3.63, 3.8) is 0 Å². The van der Waals surface area contributed by atoms with Crippen LogP contribution in [0.15, 0.2) is 55.1 Å². The van der Waals surface area contributed by atoms with Crippen molar-refractivity contribution in [3.8, 4) is 33.9 Å². The molecule has 4 N–H and O–H groups in total. The minimum atomic E-state index is -0.405. The Balaban J connectivity index is 1.72. The molecule has 4 heterocycles. The Bertz CT molecular complexity index is 1240. The number of aromatic nitrogens is 6. The Morgan fingerprint density at radius 3 is 2.44 bits per heavy atom. The molecule has 0 saturated carbocycles. The fourth-order valence-electron chi connectivity index (χ4n) is 2.99. The van der Waals surface area contributed by atoms with Crippen LogP contribution in [0.3, 0.4) is 0 Å². The largest absolute Gasteiger partial charge is 0.394 e. The number of aliphatic hydroxyl groups excluding tert-OH is 1. The Kier molecular flexibility index (Phi) is 5.86. The standard InChI is InChI=1S/C22H22N8O2/c1-13(12-31)27-22(32)19-7-18(28-21(29-19)16-10-26-30(2)11-16)15-3-5-17(24-8-15)14-4-6-20(23)25-9-14/h3-11,13,31H,12H2,1-2H3,(H2,23,25)(H,27,32)/t13-/m0/s1. The van der Waals surface area contributed by atoms with Crippen LogP contribution in [0.1, 0.15) is 17.4 Å². The summed E-state index contributed by atoms with van der Waals surface area (Å²) in [6, 6.07) is 8.47. The number of nitrogens with two attached hydrogens (primary N) is 1. The molecule has 0 aliphatic rings. The fraction of sp³-hybridized carbons (Fsp3) is 0.182. The summed E-state index contributed by atoms with van der Waals surface area (Å²) >= 11 is 0. The third kappa shape index (κ3) is 4.60. The van der Waals surface area contributed by atoms with Gasteiger partial charge in [0.1, 0.15) is 11.5 Å². The first-order valence-electron chi connectivity index (χ1n) is 9.91. The lowest BCUT2D eigenvalue weighted by Gasteiger charge is -2.12. The lowest BCUT2D eigenvalue weighted by atomic mass is 10.1. The highest BCUT2D eigenvalue weighted by atomic mass is 16.3. The monoisotopic (exact) mass is 430 g/mol. The second-order valence-corrected chi connectivity index (χ2v) is 7.33. The summed E-state index contributed by atoms with van der Waals surface area (Å²) in [7, 11) is 1.79. The number of nitrogen functional groups attached to an aromatic ring is 1. The Hall–Kier alpha value is -4.18. The first kappa shape index (κ1) is 21.1. The quantitative estimate of drug-likeness (QED) is 0.419. The summed E-state index contributed by atoms with van der Waals surface area (Å²) < 4.78 is 1.63. The van der Waals surface area contributed by atoms with Gasteiger partial charge in [-0.2, -0.15) is 5.10 Å². The summed E-state index contributed by atoms with van der Waals surface area (Å²) in [6.07, 6.45) is 6.74. The molecule has 0 unspecified atom stereocenters. The Morgan fingerprint density at radius 1 is 1.06 bits per heavy atom. The van der Waals surface area contributed by atoms with Crippen molar-refractivity contribution in [1.29, 1.82) is 0 Å². The SMILES string of the molecule is C[C@@H](CO)NC(=O)c1cc(-c2ccc(-c3ccc(N)nc3)nc2)nc(-c2cnn(C)c2)n1. The van der Waals surface area contributed by atoms with Crippen LogP contribution < -0.4 is 11.1 Å². The van der Waals surface area contributed by atoms with Gasteiger partial charge in [-0.25, -0.2) is 15.0 Å². The normalized spacial score (nSPS) is 11.8. The van der Waals surface area contributed by atoms with Gasteiger partial charge in [-0.3, -0.25) is 14.5 Å². The van der Waals surface area contributed by atoms with Gasteiger partial charge < -0.3 is 16.2 Å². The van der Waals surface area contributed by atoms with Gasteiger partial charge in [0.05, 0.1) is 29.8 Å². The number of aryl methyl sites for hydroxylation is 1. The maximum atomic E-state index is 12.7. The van der Waals surface area contributed by atoms with Crippen LogP contribution in [0.5, 0.6) is 0 Å². The number of rotatable bonds is 6. The van der Waals surface area contributed by atoms with E-state index < -0.39 is 11.9 Å². The van der Waals surface area contributed by atoms with Gasteiger partial charge >= 0.3 is 0 Å². The predicted octanol–water partition coefficient (Wildman–Crippen LogP) is 1.69. The van der Waals surface area contributed by atoms with Crippen molar-refractivity contribution in [3.05, 3.63) is 60.8 Å². The van der Waals surface area contributed by atoms with E-state index in [2.05, 4.69) is 30.4 Å². The highest BCUT2D eigenvalue weighted by molar-refractivity contribution is 5.94. The zero-order chi connectivity index (χ0) is 22.7. The van der Waals surface area contributed by atoms with Crippen molar-refractivity contribution in [1.82, 2.24) is 35.0 Å². The van der Waals surface area contributed by atoms with E-state index in [4.69, 9.17) is 5.73 Å². The molecule has 1 amide bonds. The van der Waals surface area contributed by atoms with E-state index in [1.54, 1.807) is 55.6 Å². The molecule has 0 aromatic carbocycles. The molecule has 0 fully saturated rings. The molecule has 0 aliphatic heterocycles. The van der Waals surface area contributed by atoms with Crippen molar-refractivity contribution < 1.29 is 9.90 Å². The number of anilines is 1.